The summed E-state index contributed by atoms with van der Waals surface area (Å²) >= 11 is 6.18. The van der Waals surface area contributed by atoms with Crippen LogP contribution in [0.2, 0.25) is 5.02 Å². The van der Waals surface area contributed by atoms with Crippen LogP contribution < -0.4 is 10.1 Å². The van der Waals surface area contributed by atoms with Crippen LogP contribution in [0.4, 0.5) is 5.69 Å². The van der Waals surface area contributed by atoms with E-state index in [1.165, 1.54) is 51.5 Å². The van der Waals surface area contributed by atoms with Gasteiger partial charge in [0.2, 0.25) is 26.0 Å². The standard InChI is InChI=1S/C26H30ClN3O6S2/c1-19-10-11-22(37(32,33)29(2)3)17-24(19)28-26(31)18-30(15-14-20-8-6-5-7-9-20)38(34,35)21-12-13-25(36-4)23(27)16-21/h5-13,16-17H,14-15,18H2,1-4H3,(H,28,31). The summed E-state index contributed by atoms with van der Waals surface area (Å²) in [6.45, 7) is 1.24. The first-order valence-corrected chi connectivity index (χ1v) is 14.8. The van der Waals surface area contributed by atoms with Crippen LogP contribution >= 0.6 is 11.6 Å². The summed E-state index contributed by atoms with van der Waals surface area (Å²) < 4.78 is 59.5. The maximum Gasteiger partial charge on any atom is 0.243 e. The number of nitrogens with zero attached hydrogens (tertiary/aromatic N) is 2. The lowest BCUT2D eigenvalue weighted by Crippen LogP contribution is -2.39. The molecule has 1 N–H and O–H groups in total. The van der Waals surface area contributed by atoms with Gasteiger partial charge in [-0.1, -0.05) is 48.0 Å². The lowest BCUT2D eigenvalue weighted by atomic mass is 10.1. The Hall–Kier alpha value is -2.96. The van der Waals surface area contributed by atoms with Gasteiger partial charge in [0, 0.05) is 26.3 Å². The number of sulfonamides is 2. The second kappa shape index (κ2) is 12.3. The highest BCUT2D eigenvalue weighted by molar-refractivity contribution is 7.89. The van der Waals surface area contributed by atoms with Crippen molar-refractivity contribution in [1.82, 2.24) is 8.61 Å². The van der Waals surface area contributed by atoms with Gasteiger partial charge < -0.3 is 10.1 Å². The summed E-state index contributed by atoms with van der Waals surface area (Å²) in [6.07, 6.45) is 0.368. The van der Waals surface area contributed by atoms with E-state index in [0.29, 0.717) is 17.7 Å². The van der Waals surface area contributed by atoms with Gasteiger partial charge in [0.1, 0.15) is 5.75 Å². The monoisotopic (exact) mass is 579 g/mol. The average molecular weight is 580 g/mol. The molecule has 204 valence electrons. The van der Waals surface area contributed by atoms with Crippen molar-refractivity contribution in [3.8, 4) is 5.75 Å². The largest absolute Gasteiger partial charge is 0.495 e. The van der Waals surface area contributed by atoms with Gasteiger partial charge in [0.15, 0.2) is 0 Å². The van der Waals surface area contributed by atoms with Gasteiger partial charge in [-0.15, -0.1) is 0 Å². The summed E-state index contributed by atoms with van der Waals surface area (Å²) in [4.78, 5) is 13.0. The highest BCUT2D eigenvalue weighted by Crippen LogP contribution is 2.29. The predicted molar refractivity (Wildman–Crippen MR) is 148 cm³/mol. The molecule has 38 heavy (non-hydrogen) atoms. The fraction of sp³-hybridized carbons (Fsp3) is 0.269. The molecular formula is C26H30ClN3O6S2. The summed E-state index contributed by atoms with van der Waals surface area (Å²) in [5.41, 5.74) is 1.79. The molecule has 0 spiro atoms. The molecule has 12 heteroatoms. The number of methoxy groups -OCH3 is 1. The van der Waals surface area contributed by atoms with E-state index in [2.05, 4.69) is 5.32 Å². The van der Waals surface area contributed by atoms with Gasteiger partial charge in [-0.2, -0.15) is 4.31 Å². The first kappa shape index (κ1) is 29.6. The zero-order valence-electron chi connectivity index (χ0n) is 21.5. The minimum atomic E-state index is -4.13. The Bertz CT molecular complexity index is 1510. The molecular weight excluding hydrogens is 550 g/mol. The molecule has 0 heterocycles. The van der Waals surface area contributed by atoms with Gasteiger partial charge in [0.25, 0.3) is 0 Å². The molecule has 0 atom stereocenters. The lowest BCUT2D eigenvalue weighted by Gasteiger charge is -2.23. The van der Waals surface area contributed by atoms with Crippen molar-refractivity contribution in [2.24, 2.45) is 0 Å². The molecule has 0 aliphatic carbocycles. The Balaban J connectivity index is 1.90. The quantitative estimate of drug-likeness (QED) is 0.370. The Morgan fingerprint density at radius 2 is 1.55 bits per heavy atom. The first-order valence-electron chi connectivity index (χ1n) is 11.6. The summed E-state index contributed by atoms with van der Waals surface area (Å²) in [6, 6.07) is 17.8. The molecule has 0 saturated carbocycles. The van der Waals surface area contributed by atoms with Crippen LogP contribution in [0.5, 0.6) is 5.75 Å². The molecule has 0 fully saturated rings. The zero-order valence-corrected chi connectivity index (χ0v) is 23.9. The van der Waals surface area contributed by atoms with E-state index in [1.54, 1.807) is 13.0 Å². The number of nitrogens with one attached hydrogen (secondary N) is 1. The Labute approximate surface area is 229 Å². The molecule has 9 nitrogen and oxygen atoms in total. The van der Waals surface area contributed by atoms with Gasteiger partial charge in [0.05, 0.1) is 28.5 Å². The van der Waals surface area contributed by atoms with Crippen LogP contribution in [0.25, 0.3) is 0 Å². The summed E-state index contributed by atoms with van der Waals surface area (Å²) in [7, 11) is -3.61. The van der Waals surface area contributed by atoms with Crippen LogP contribution in [0.15, 0.2) is 76.5 Å². The minimum absolute atomic E-state index is 0.00447. The van der Waals surface area contributed by atoms with Crippen molar-refractivity contribution in [2.45, 2.75) is 23.1 Å². The van der Waals surface area contributed by atoms with Crippen LogP contribution in [-0.2, 0) is 31.3 Å². The SMILES string of the molecule is COc1ccc(S(=O)(=O)N(CCc2ccccc2)CC(=O)Nc2cc(S(=O)(=O)N(C)C)ccc2C)cc1Cl. The highest BCUT2D eigenvalue weighted by atomic mass is 35.5. The van der Waals surface area contributed by atoms with E-state index in [9.17, 15) is 21.6 Å². The van der Waals surface area contributed by atoms with E-state index >= 15 is 0 Å². The Morgan fingerprint density at radius 1 is 0.921 bits per heavy atom. The number of anilines is 1. The molecule has 0 aliphatic rings. The van der Waals surface area contributed by atoms with E-state index in [4.69, 9.17) is 16.3 Å². The van der Waals surface area contributed by atoms with E-state index in [0.717, 1.165) is 14.2 Å². The van der Waals surface area contributed by atoms with Gasteiger partial charge >= 0.3 is 0 Å². The number of amides is 1. The van der Waals surface area contributed by atoms with Crippen molar-refractivity contribution in [2.75, 3.05) is 39.6 Å². The Kier molecular flexibility index (Phi) is 9.55. The van der Waals surface area contributed by atoms with Crippen molar-refractivity contribution < 1.29 is 26.4 Å². The predicted octanol–water partition coefficient (Wildman–Crippen LogP) is 3.78. The number of rotatable bonds is 11. The molecule has 3 rings (SSSR count). The van der Waals surface area contributed by atoms with Crippen LogP contribution in [-0.4, -0.2) is 65.6 Å². The van der Waals surface area contributed by atoms with Crippen molar-refractivity contribution >= 4 is 43.2 Å². The second-order valence-corrected chi connectivity index (χ2v) is 13.2. The molecule has 0 radical (unpaired) electrons. The third kappa shape index (κ3) is 6.91. The molecule has 0 aromatic heterocycles. The average Bonchev–Trinajstić information content (AvgIpc) is 2.88. The molecule has 3 aromatic rings. The molecule has 0 aliphatic heterocycles. The van der Waals surface area contributed by atoms with E-state index in [1.807, 2.05) is 30.3 Å². The smallest absolute Gasteiger partial charge is 0.243 e. The van der Waals surface area contributed by atoms with Gasteiger partial charge in [-0.3, -0.25) is 4.79 Å². The van der Waals surface area contributed by atoms with Crippen LogP contribution in [0.1, 0.15) is 11.1 Å². The fourth-order valence-electron chi connectivity index (χ4n) is 3.60. The third-order valence-corrected chi connectivity index (χ3v) is 9.78. The maximum atomic E-state index is 13.6. The molecule has 1 amide bonds. The van der Waals surface area contributed by atoms with E-state index in [-0.39, 0.29) is 27.0 Å². The molecule has 0 unspecified atom stereocenters. The number of ether oxygens (including phenoxy) is 1. The Morgan fingerprint density at radius 3 is 2.16 bits per heavy atom. The number of benzene rings is 3. The van der Waals surface area contributed by atoms with Gasteiger partial charge in [-0.25, -0.2) is 21.1 Å². The molecule has 0 saturated heterocycles. The van der Waals surface area contributed by atoms with Crippen molar-refractivity contribution in [3.63, 3.8) is 0 Å². The molecule has 0 bridgehead atoms. The third-order valence-electron chi connectivity index (χ3n) is 5.84. The maximum absolute atomic E-state index is 13.6. The molecule has 3 aromatic carbocycles. The van der Waals surface area contributed by atoms with E-state index < -0.39 is 32.5 Å². The number of hydrogen-bond acceptors (Lipinski definition) is 6. The summed E-state index contributed by atoms with van der Waals surface area (Å²) in [5, 5.41) is 2.79. The number of aryl methyl sites for hydroxylation is 1. The first-order chi connectivity index (χ1) is 17.9. The van der Waals surface area contributed by atoms with Crippen molar-refractivity contribution in [3.05, 3.63) is 82.9 Å². The number of hydrogen-bond donors (Lipinski definition) is 1. The topological polar surface area (TPSA) is 113 Å². The van der Waals surface area contributed by atoms with Crippen LogP contribution in [0, 0.1) is 6.92 Å². The summed E-state index contributed by atoms with van der Waals surface area (Å²) in [5.74, 6) is -0.300. The second-order valence-electron chi connectivity index (χ2n) is 8.68. The minimum Gasteiger partial charge on any atom is -0.495 e. The highest BCUT2D eigenvalue weighted by Gasteiger charge is 2.28. The van der Waals surface area contributed by atoms with Crippen LogP contribution in [0.3, 0.4) is 0 Å². The fourth-order valence-corrected chi connectivity index (χ4v) is 6.27. The number of halogens is 1. The lowest BCUT2D eigenvalue weighted by molar-refractivity contribution is -0.116. The zero-order chi connectivity index (χ0) is 28.1. The number of carbonyl (C=O) groups is 1. The van der Waals surface area contributed by atoms with Crippen molar-refractivity contribution in [1.29, 1.82) is 0 Å². The van der Waals surface area contributed by atoms with Gasteiger partial charge in [-0.05, 0) is 54.8 Å². The number of carbonyl (C=O) groups excluding carboxylic acids is 1. The normalized spacial score (nSPS) is 12.1.